The van der Waals surface area contributed by atoms with Crippen LogP contribution in [0.4, 0.5) is 5.82 Å². The van der Waals surface area contributed by atoms with Gasteiger partial charge in [0.15, 0.2) is 9.99 Å². The number of aliphatic hydroxyl groups excluding tert-OH is 1. The van der Waals surface area contributed by atoms with E-state index in [4.69, 9.17) is 0 Å². The third-order valence-corrected chi connectivity index (χ3v) is 5.27. The molecule has 2 aromatic heterocycles. The minimum absolute atomic E-state index is 0.391. The Bertz CT molecular complexity index is 790. The van der Waals surface area contributed by atoms with E-state index in [1.165, 1.54) is 6.33 Å². The SMILES string of the molecule is CSc1nc2ncnc(NCC(O)c3cccc(C)c3)c2s1. The van der Waals surface area contributed by atoms with Crippen LogP contribution >= 0.6 is 23.1 Å². The van der Waals surface area contributed by atoms with Crippen LogP contribution in [0.1, 0.15) is 17.2 Å². The lowest BCUT2D eigenvalue weighted by Gasteiger charge is -2.13. The molecule has 0 aliphatic rings. The molecule has 3 rings (SSSR count). The maximum atomic E-state index is 10.3. The molecule has 0 aliphatic heterocycles. The van der Waals surface area contributed by atoms with Crippen LogP contribution in [-0.2, 0) is 0 Å². The summed E-state index contributed by atoms with van der Waals surface area (Å²) in [7, 11) is 0. The fourth-order valence-electron chi connectivity index (χ4n) is 2.14. The van der Waals surface area contributed by atoms with E-state index in [0.29, 0.717) is 12.2 Å². The molecular formula is C15H16N4OS2. The number of benzene rings is 1. The molecule has 1 atom stereocenters. The fourth-order valence-corrected chi connectivity index (χ4v) is 3.62. The maximum Gasteiger partial charge on any atom is 0.176 e. The van der Waals surface area contributed by atoms with Crippen molar-refractivity contribution in [3.63, 3.8) is 0 Å². The Morgan fingerprint density at radius 1 is 1.36 bits per heavy atom. The molecule has 0 saturated carbocycles. The predicted octanol–water partition coefficient (Wildman–Crippen LogP) is 3.26. The van der Waals surface area contributed by atoms with Crippen LogP contribution < -0.4 is 5.32 Å². The van der Waals surface area contributed by atoms with Crippen molar-refractivity contribution in [1.29, 1.82) is 0 Å². The van der Waals surface area contributed by atoms with Crippen LogP contribution in [0.2, 0.25) is 0 Å². The molecule has 7 heteroatoms. The summed E-state index contributed by atoms with van der Waals surface area (Å²) in [5.74, 6) is 0.717. The smallest absolute Gasteiger partial charge is 0.176 e. The van der Waals surface area contributed by atoms with Crippen molar-refractivity contribution >= 4 is 39.3 Å². The molecule has 1 aromatic carbocycles. The highest BCUT2D eigenvalue weighted by Crippen LogP contribution is 2.31. The number of anilines is 1. The van der Waals surface area contributed by atoms with E-state index >= 15 is 0 Å². The molecule has 114 valence electrons. The van der Waals surface area contributed by atoms with Gasteiger partial charge in [-0.1, -0.05) is 41.6 Å². The van der Waals surface area contributed by atoms with Crippen molar-refractivity contribution in [3.05, 3.63) is 41.7 Å². The fraction of sp³-hybridized carbons (Fsp3) is 0.267. The van der Waals surface area contributed by atoms with E-state index in [-0.39, 0.29) is 0 Å². The van der Waals surface area contributed by atoms with Gasteiger partial charge in [-0.05, 0) is 18.7 Å². The van der Waals surface area contributed by atoms with Gasteiger partial charge in [0, 0.05) is 6.54 Å². The van der Waals surface area contributed by atoms with Crippen molar-refractivity contribution in [2.45, 2.75) is 17.4 Å². The average Bonchev–Trinajstić information content (AvgIpc) is 2.96. The van der Waals surface area contributed by atoms with Gasteiger partial charge in [-0.2, -0.15) is 0 Å². The van der Waals surface area contributed by atoms with Crippen LogP contribution in [0.15, 0.2) is 34.9 Å². The third-order valence-electron chi connectivity index (χ3n) is 3.24. The van der Waals surface area contributed by atoms with Crippen molar-refractivity contribution < 1.29 is 5.11 Å². The highest BCUT2D eigenvalue weighted by molar-refractivity contribution is 8.00. The van der Waals surface area contributed by atoms with Gasteiger partial charge >= 0.3 is 0 Å². The number of aliphatic hydroxyl groups is 1. The standard InChI is InChI=1S/C15H16N4OS2/c1-9-4-3-5-10(6-9)11(20)7-16-13-12-14(18-8-17-13)19-15(21-2)22-12/h3-6,8,11,20H,7H2,1-2H3,(H,16,17,18). The van der Waals surface area contributed by atoms with Crippen molar-refractivity contribution in [1.82, 2.24) is 15.0 Å². The number of hydrogen-bond acceptors (Lipinski definition) is 7. The molecule has 0 aliphatic carbocycles. The number of nitrogens with one attached hydrogen (secondary N) is 1. The second-order valence-electron chi connectivity index (χ2n) is 4.87. The van der Waals surface area contributed by atoms with E-state index in [9.17, 15) is 5.11 Å². The highest BCUT2D eigenvalue weighted by Gasteiger charge is 2.12. The molecule has 2 N–H and O–H groups in total. The Labute approximate surface area is 136 Å². The number of thioether (sulfide) groups is 1. The summed E-state index contributed by atoms with van der Waals surface area (Å²) in [6, 6.07) is 7.87. The first-order valence-corrected chi connectivity index (χ1v) is 8.85. The quantitative estimate of drug-likeness (QED) is 0.699. The monoisotopic (exact) mass is 332 g/mol. The van der Waals surface area contributed by atoms with E-state index in [1.807, 2.05) is 37.4 Å². The van der Waals surface area contributed by atoms with E-state index in [0.717, 1.165) is 26.0 Å². The van der Waals surface area contributed by atoms with Gasteiger partial charge < -0.3 is 10.4 Å². The second-order valence-corrected chi connectivity index (χ2v) is 6.92. The lowest BCUT2D eigenvalue weighted by molar-refractivity contribution is 0.191. The molecule has 0 spiro atoms. The zero-order chi connectivity index (χ0) is 15.5. The first-order chi connectivity index (χ1) is 10.7. The average molecular weight is 332 g/mol. The number of rotatable bonds is 5. The Hall–Kier alpha value is -1.70. The largest absolute Gasteiger partial charge is 0.387 e. The van der Waals surface area contributed by atoms with Gasteiger partial charge in [0.2, 0.25) is 0 Å². The van der Waals surface area contributed by atoms with Crippen LogP contribution in [0, 0.1) is 6.92 Å². The second kappa shape index (κ2) is 6.60. The number of nitrogens with zero attached hydrogens (tertiary/aromatic N) is 3. The molecule has 1 unspecified atom stereocenters. The van der Waals surface area contributed by atoms with Gasteiger partial charge in [-0.25, -0.2) is 15.0 Å². The first-order valence-electron chi connectivity index (χ1n) is 6.81. The first kappa shape index (κ1) is 15.2. The molecular weight excluding hydrogens is 316 g/mol. The van der Waals surface area contributed by atoms with E-state index < -0.39 is 6.10 Å². The molecule has 0 saturated heterocycles. The summed E-state index contributed by atoms with van der Waals surface area (Å²) in [6.45, 7) is 2.40. The predicted molar refractivity (Wildman–Crippen MR) is 91.6 cm³/mol. The normalized spacial score (nSPS) is 12.5. The molecule has 5 nitrogen and oxygen atoms in total. The summed E-state index contributed by atoms with van der Waals surface area (Å²) in [5.41, 5.74) is 2.72. The van der Waals surface area contributed by atoms with Gasteiger partial charge in [0.05, 0.1) is 6.10 Å². The molecule has 0 bridgehead atoms. The summed E-state index contributed by atoms with van der Waals surface area (Å²) < 4.78 is 1.88. The van der Waals surface area contributed by atoms with Gasteiger partial charge in [0.1, 0.15) is 16.8 Å². The third kappa shape index (κ3) is 3.21. The summed E-state index contributed by atoms with van der Waals surface area (Å²) in [6.07, 6.45) is 2.89. The van der Waals surface area contributed by atoms with Crippen molar-refractivity contribution in [2.75, 3.05) is 18.1 Å². The van der Waals surface area contributed by atoms with Crippen LogP contribution in [0.5, 0.6) is 0 Å². The molecule has 2 heterocycles. The summed E-state index contributed by atoms with van der Waals surface area (Å²) in [4.78, 5) is 12.9. The number of aromatic nitrogens is 3. The molecule has 0 fully saturated rings. The maximum absolute atomic E-state index is 10.3. The molecule has 3 aromatic rings. The van der Waals surface area contributed by atoms with Crippen LogP contribution in [-0.4, -0.2) is 32.9 Å². The van der Waals surface area contributed by atoms with E-state index in [1.54, 1.807) is 23.1 Å². The van der Waals surface area contributed by atoms with Gasteiger partial charge in [-0.3, -0.25) is 0 Å². The lowest BCUT2D eigenvalue weighted by atomic mass is 10.1. The topological polar surface area (TPSA) is 70.9 Å². The highest BCUT2D eigenvalue weighted by atomic mass is 32.2. The van der Waals surface area contributed by atoms with Crippen LogP contribution in [0.3, 0.4) is 0 Å². The van der Waals surface area contributed by atoms with Crippen molar-refractivity contribution in [3.8, 4) is 0 Å². The molecule has 0 amide bonds. The number of thiazole rings is 1. The van der Waals surface area contributed by atoms with Crippen molar-refractivity contribution in [2.24, 2.45) is 0 Å². The Morgan fingerprint density at radius 3 is 3.00 bits per heavy atom. The summed E-state index contributed by atoms with van der Waals surface area (Å²) >= 11 is 3.15. The Balaban J connectivity index is 1.77. The van der Waals surface area contributed by atoms with Crippen LogP contribution in [0.25, 0.3) is 10.3 Å². The number of aryl methyl sites for hydroxylation is 1. The Kier molecular flexibility index (Phi) is 4.56. The number of fused-ring (bicyclic) bond motifs is 1. The molecule has 0 radical (unpaired) electrons. The lowest BCUT2D eigenvalue weighted by Crippen LogP contribution is -2.13. The minimum Gasteiger partial charge on any atom is -0.387 e. The zero-order valence-electron chi connectivity index (χ0n) is 12.3. The Morgan fingerprint density at radius 2 is 2.23 bits per heavy atom. The zero-order valence-corrected chi connectivity index (χ0v) is 13.9. The molecule has 22 heavy (non-hydrogen) atoms. The van der Waals surface area contributed by atoms with Gasteiger partial charge in [0.25, 0.3) is 0 Å². The van der Waals surface area contributed by atoms with E-state index in [2.05, 4.69) is 20.3 Å². The summed E-state index contributed by atoms with van der Waals surface area (Å²) in [5, 5.41) is 13.5. The number of hydrogen-bond donors (Lipinski definition) is 2. The van der Waals surface area contributed by atoms with Gasteiger partial charge in [-0.15, -0.1) is 11.3 Å². The minimum atomic E-state index is -0.585.